The summed E-state index contributed by atoms with van der Waals surface area (Å²) in [7, 11) is 0. The maximum Gasteiger partial charge on any atom is 0.252 e. The maximum absolute atomic E-state index is 11.6. The first kappa shape index (κ1) is 13.3. The van der Waals surface area contributed by atoms with Gasteiger partial charge in [-0.25, -0.2) is 4.98 Å². The molecule has 0 bridgehead atoms. The summed E-state index contributed by atoms with van der Waals surface area (Å²) < 4.78 is 0. The number of imidazole rings is 1. The quantitative estimate of drug-likeness (QED) is 0.734. The lowest BCUT2D eigenvalue weighted by Crippen LogP contribution is -2.30. The second kappa shape index (κ2) is 6.69. The number of rotatable bonds is 6. The minimum Gasteiger partial charge on any atom is -0.351 e. The van der Waals surface area contributed by atoms with Gasteiger partial charge in [-0.1, -0.05) is 0 Å². The summed E-state index contributed by atoms with van der Waals surface area (Å²) in [4.78, 5) is 29.8. The van der Waals surface area contributed by atoms with Crippen molar-refractivity contribution in [2.75, 3.05) is 6.54 Å². The number of thiophene rings is 1. The molecule has 0 aliphatic heterocycles. The van der Waals surface area contributed by atoms with E-state index in [1.54, 1.807) is 24.0 Å². The van der Waals surface area contributed by atoms with Crippen molar-refractivity contribution in [3.8, 4) is 0 Å². The van der Waals surface area contributed by atoms with E-state index in [4.69, 9.17) is 0 Å². The van der Waals surface area contributed by atoms with Gasteiger partial charge in [-0.3, -0.25) is 9.59 Å². The summed E-state index contributed by atoms with van der Waals surface area (Å²) in [6.45, 7) is 0.737. The minimum absolute atomic E-state index is 0.111. The summed E-state index contributed by atoms with van der Waals surface area (Å²) in [5, 5.41) is 9.04. The molecule has 0 spiro atoms. The number of aromatic nitrogens is 2. The summed E-state index contributed by atoms with van der Waals surface area (Å²) in [6, 6.07) is 1.75. The third kappa shape index (κ3) is 4.22. The highest BCUT2D eigenvalue weighted by molar-refractivity contribution is 7.08. The highest BCUT2D eigenvalue weighted by Gasteiger charge is 2.06. The highest BCUT2D eigenvalue weighted by atomic mass is 32.1. The molecule has 0 saturated carbocycles. The number of carbonyl (C=O) groups is 2. The van der Waals surface area contributed by atoms with Crippen molar-refractivity contribution in [3.63, 3.8) is 0 Å². The van der Waals surface area contributed by atoms with E-state index in [1.807, 2.05) is 5.38 Å². The third-order valence-electron chi connectivity index (χ3n) is 2.45. The van der Waals surface area contributed by atoms with E-state index in [9.17, 15) is 9.59 Å². The average Bonchev–Trinajstić information content (AvgIpc) is 3.09. The van der Waals surface area contributed by atoms with Crippen LogP contribution in [0, 0.1) is 0 Å². The Morgan fingerprint density at radius 1 is 1.37 bits per heavy atom. The molecule has 2 aromatic rings. The summed E-state index contributed by atoms with van der Waals surface area (Å²) in [5.74, 6) is -0.261. The van der Waals surface area contributed by atoms with Crippen molar-refractivity contribution in [1.29, 1.82) is 0 Å². The van der Waals surface area contributed by atoms with E-state index in [0.717, 1.165) is 5.69 Å². The van der Waals surface area contributed by atoms with Crippen LogP contribution in [0.1, 0.15) is 22.5 Å². The third-order valence-corrected chi connectivity index (χ3v) is 3.14. The van der Waals surface area contributed by atoms with Crippen LogP contribution in [-0.2, 0) is 11.3 Å². The lowest BCUT2D eigenvalue weighted by Gasteiger charge is -2.05. The first-order chi connectivity index (χ1) is 9.25. The Bertz CT molecular complexity index is 522. The van der Waals surface area contributed by atoms with Crippen molar-refractivity contribution >= 4 is 23.2 Å². The minimum atomic E-state index is -0.150. The molecular formula is C12H14N4O2S. The van der Waals surface area contributed by atoms with E-state index in [1.165, 1.54) is 11.3 Å². The largest absolute Gasteiger partial charge is 0.351 e. The topological polar surface area (TPSA) is 86.9 Å². The number of H-pyrrole nitrogens is 1. The second-order valence-electron chi connectivity index (χ2n) is 3.87. The van der Waals surface area contributed by atoms with E-state index in [-0.39, 0.29) is 18.2 Å². The molecule has 0 aliphatic rings. The molecule has 0 atom stereocenters. The predicted octanol–water partition coefficient (Wildman–Crippen LogP) is 0.908. The molecule has 0 unspecified atom stereocenters. The van der Waals surface area contributed by atoms with Crippen LogP contribution in [0.15, 0.2) is 29.4 Å². The van der Waals surface area contributed by atoms with E-state index in [2.05, 4.69) is 20.6 Å². The van der Waals surface area contributed by atoms with Crippen LogP contribution in [0.25, 0.3) is 0 Å². The van der Waals surface area contributed by atoms with Gasteiger partial charge in [-0.15, -0.1) is 0 Å². The number of amides is 2. The lowest BCUT2D eigenvalue weighted by atomic mass is 10.3. The first-order valence-corrected chi connectivity index (χ1v) is 6.74. The van der Waals surface area contributed by atoms with Crippen molar-refractivity contribution in [3.05, 3.63) is 40.6 Å². The van der Waals surface area contributed by atoms with Gasteiger partial charge in [0, 0.05) is 30.1 Å². The Morgan fingerprint density at radius 3 is 2.95 bits per heavy atom. The van der Waals surface area contributed by atoms with Gasteiger partial charge in [-0.05, 0) is 11.4 Å². The fraction of sp³-hybridized carbons (Fsp3) is 0.250. The predicted molar refractivity (Wildman–Crippen MR) is 71.7 cm³/mol. The first-order valence-electron chi connectivity index (χ1n) is 5.80. The van der Waals surface area contributed by atoms with Crippen LogP contribution >= 0.6 is 11.3 Å². The molecular weight excluding hydrogens is 264 g/mol. The van der Waals surface area contributed by atoms with Crippen molar-refractivity contribution < 1.29 is 9.59 Å². The Labute approximate surface area is 114 Å². The number of hydrogen-bond acceptors (Lipinski definition) is 4. The van der Waals surface area contributed by atoms with Crippen LogP contribution in [0.4, 0.5) is 0 Å². The number of nitrogens with zero attached hydrogens (tertiary/aromatic N) is 1. The highest BCUT2D eigenvalue weighted by Crippen LogP contribution is 2.04. The molecule has 0 aromatic carbocycles. The molecule has 2 aromatic heterocycles. The van der Waals surface area contributed by atoms with E-state index < -0.39 is 0 Å². The van der Waals surface area contributed by atoms with Gasteiger partial charge in [0.1, 0.15) is 0 Å². The Balaban J connectivity index is 1.63. The lowest BCUT2D eigenvalue weighted by molar-refractivity contribution is -0.121. The number of nitrogens with one attached hydrogen (secondary N) is 3. The molecule has 0 radical (unpaired) electrons. The smallest absolute Gasteiger partial charge is 0.252 e. The fourth-order valence-corrected chi connectivity index (χ4v) is 2.08. The van der Waals surface area contributed by atoms with Gasteiger partial charge in [0.05, 0.1) is 18.6 Å². The van der Waals surface area contributed by atoms with Crippen molar-refractivity contribution in [1.82, 2.24) is 20.6 Å². The van der Waals surface area contributed by atoms with Gasteiger partial charge in [0.15, 0.2) is 0 Å². The monoisotopic (exact) mass is 278 g/mol. The fourth-order valence-electron chi connectivity index (χ4n) is 1.45. The number of aromatic amines is 1. The zero-order valence-electron chi connectivity index (χ0n) is 10.2. The zero-order chi connectivity index (χ0) is 13.5. The van der Waals surface area contributed by atoms with Crippen molar-refractivity contribution in [2.24, 2.45) is 0 Å². The van der Waals surface area contributed by atoms with Crippen molar-refractivity contribution in [2.45, 2.75) is 13.0 Å². The van der Waals surface area contributed by atoms with Gasteiger partial charge in [0.2, 0.25) is 5.91 Å². The van der Waals surface area contributed by atoms with Crippen LogP contribution in [-0.4, -0.2) is 28.3 Å². The standard InChI is InChI=1S/C12H14N4O2S/c17-11(15-6-10-5-13-8-16-10)1-3-14-12(18)9-2-4-19-7-9/h2,4-5,7-8H,1,3,6H2,(H,13,16)(H,14,18)(H,15,17). The number of carbonyl (C=O) groups excluding carboxylic acids is 2. The molecule has 7 heteroatoms. The van der Waals surface area contributed by atoms with Gasteiger partial charge < -0.3 is 15.6 Å². The Morgan fingerprint density at radius 2 is 2.26 bits per heavy atom. The van der Waals surface area contributed by atoms with Gasteiger partial charge in [0.25, 0.3) is 5.91 Å². The molecule has 19 heavy (non-hydrogen) atoms. The maximum atomic E-state index is 11.6. The van der Waals surface area contributed by atoms with Crippen LogP contribution < -0.4 is 10.6 Å². The van der Waals surface area contributed by atoms with E-state index >= 15 is 0 Å². The van der Waals surface area contributed by atoms with Crippen LogP contribution in [0.3, 0.4) is 0 Å². The molecule has 2 heterocycles. The summed E-state index contributed by atoms with van der Waals surface area (Å²) >= 11 is 1.46. The normalized spacial score (nSPS) is 10.1. The molecule has 100 valence electrons. The van der Waals surface area contributed by atoms with Gasteiger partial charge >= 0.3 is 0 Å². The molecule has 2 amide bonds. The molecule has 0 fully saturated rings. The number of hydrogen-bond donors (Lipinski definition) is 3. The average molecular weight is 278 g/mol. The van der Waals surface area contributed by atoms with Crippen LogP contribution in [0.5, 0.6) is 0 Å². The Kier molecular flexibility index (Phi) is 4.68. The molecule has 6 nitrogen and oxygen atoms in total. The molecule has 2 rings (SSSR count). The molecule has 3 N–H and O–H groups in total. The summed E-state index contributed by atoms with van der Waals surface area (Å²) in [5.41, 5.74) is 1.47. The Hall–Kier alpha value is -2.15. The SMILES string of the molecule is O=C(CCNC(=O)c1ccsc1)NCc1cnc[nH]1. The molecule has 0 saturated heterocycles. The van der Waals surface area contributed by atoms with E-state index in [0.29, 0.717) is 18.7 Å². The van der Waals surface area contributed by atoms with Crippen LogP contribution in [0.2, 0.25) is 0 Å². The zero-order valence-corrected chi connectivity index (χ0v) is 11.0. The van der Waals surface area contributed by atoms with Gasteiger partial charge in [-0.2, -0.15) is 11.3 Å². The summed E-state index contributed by atoms with van der Waals surface area (Å²) in [6.07, 6.45) is 3.46. The molecule has 0 aliphatic carbocycles. The second-order valence-corrected chi connectivity index (χ2v) is 4.65.